The van der Waals surface area contributed by atoms with Crippen molar-refractivity contribution in [1.29, 1.82) is 0 Å². The molecule has 0 bridgehead atoms. The second kappa shape index (κ2) is 5.19. The molecule has 0 saturated carbocycles. The zero-order chi connectivity index (χ0) is 12.4. The first-order valence-corrected chi connectivity index (χ1v) is 6.77. The minimum Gasteiger partial charge on any atom is -0.207 e. The van der Waals surface area contributed by atoms with E-state index in [-0.39, 0.29) is 11.2 Å². The summed E-state index contributed by atoms with van der Waals surface area (Å²) in [4.78, 5) is 2.45. The van der Waals surface area contributed by atoms with Crippen LogP contribution in [0.15, 0.2) is 30.3 Å². The third-order valence-corrected chi connectivity index (χ3v) is 4.58. The van der Waals surface area contributed by atoms with E-state index in [1.54, 1.807) is 23.5 Å². The van der Waals surface area contributed by atoms with Crippen molar-refractivity contribution in [2.75, 3.05) is 0 Å². The lowest BCUT2D eigenvalue weighted by atomic mass is 10.1. The van der Waals surface area contributed by atoms with E-state index in [4.69, 9.17) is 11.6 Å². The van der Waals surface area contributed by atoms with E-state index < -0.39 is 0 Å². The molecule has 0 fully saturated rings. The molecule has 0 amide bonds. The van der Waals surface area contributed by atoms with Gasteiger partial charge in [-0.15, -0.1) is 22.9 Å². The Balaban J connectivity index is 2.14. The van der Waals surface area contributed by atoms with Crippen LogP contribution in [0.3, 0.4) is 0 Å². The highest BCUT2D eigenvalue weighted by atomic mass is 35.5. The fraction of sp³-hybridized carbons (Fsp3) is 0.286. The van der Waals surface area contributed by atoms with E-state index in [1.807, 2.05) is 6.07 Å². The van der Waals surface area contributed by atoms with Crippen LogP contribution in [0.4, 0.5) is 4.39 Å². The number of benzene rings is 1. The summed E-state index contributed by atoms with van der Waals surface area (Å²) in [7, 11) is 0. The smallest absolute Gasteiger partial charge is 0.123 e. The molecule has 3 heteroatoms. The molecule has 2 rings (SSSR count). The van der Waals surface area contributed by atoms with Crippen LogP contribution in [0.25, 0.3) is 0 Å². The number of thiophene rings is 1. The van der Waals surface area contributed by atoms with Crippen LogP contribution in [0, 0.1) is 19.7 Å². The summed E-state index contributed by atoms with van der Waals surface area (Å²) in [5.41, 5.74) is 2.21. The van der Waals surface area contributed by atoms with Crippen molar-refractivity contribution in [1.82, 2.24) is 0 Å². The van der Waals surface area contributed by atoms with Gasteiger partial charge in [-0.1, -0.05) is 12.1 Å². The topological polar surface area (TPSA) is 0 Å². The normalized spacial score (nSPS) is 12.7. The summed E-state index contributed by atoms with van der Waals surface area (Å²) in [6.07, 6.45) is 0.665. The highest BCUT2D eigenvalue weighted by Gasteiger charge is 2.13. The van der Waals surface area contributed by atoms with Crippen molar-refractivity contribution in [2.45, 2.75) is 25.6 Å². The van der Waals surface area contributed by atoms with Gasteiger partial charge in [-0.3, -0.25) is 0 Å². The molecule has 0 spiro atoms. The van der Waals surface area contributed by atoms with Gasteiger partial charge in [0.2, 0.25) is 0 Å². The van der Waals surface area contributed by atoms with Gasteiger partial charge in [0.05, 0.1) is 5.38 Å². The molecule has 0 aliphatic carbocycles. The van der Waals surface area contributed by atoms with Gasteiger partial charge in [0.15, 0.2) is 0 Å². The molecule has 1 unspecified atom stereocenters. The zero-order valence-corrected chi connectivity index (χ0v) is 11.4. The maximum atomic E-state index is 13.0. The van der Waals surface area contributed by atoms with Crippen molar-refractivity contribution < 1.29 is 4.39 Å². The van der Waals surface area contributed by atoms with Crippen LogP contribution >= 0.6 is 22.9 Å². The summed E-state index contributed by atoms with van der Waals surface area (Å²) < 4.78 is 13.0. The molecule has 0 nitrogen and oxygen atoms in total. The minimum atomic E-state index is -0.204. The van der Waals surface area contributed by atoms with Crippen LogP contribution in [0.5, 0.6) is 0 Å². The summed E-state index contributed by atoms with van der Waals surface area (Å²) in [5, 5.41) is -0.0748. The Bertz CT molecular complexity index is 499. The third-order valence-electron chi connectivity index (χ3n) is 2.80. The minimum absolute atomic E-state index is 0.0748. The molecule has 0 aliphatic heterocycles. The molecule has 2 aromatic rings. The van der Waals surface area contributed by atoms with E-state index in [9.17, 15) is 4.39 Å². The van der Waals surface area contributed by atoms with Gasteiger partial charge >= 0.3 is 0 Å². The largest absolute Gasteiger partial charge is 0.207 e. The monoisotopic (exact) mass is 268 g/mol. The van der Waals surface area contributed by atoms with Crippen LogP contribution in [-0.4, -0.2) is 0 Å². The molecular formula is C14H14ClFS. The SMILES string of the molecule is Cc1cc(C(Cl)Cc2cccc(F)c2)sc1C. The number of hydrogen-bond donors (Lipinski definition) is 0. The molecule has 0 saturated heterocycles. The summed E-state index contributed by atoms with van der Waals surface area (Å²) >= 11 is 8.09. The first-order chi connectivity index (χ1) is 8.06. The lowest BCUT2D eigenvalue weighted by Crippen LogP contribution is -1.93. The summed E-state index contributed by atoms with van der Waals surface area (Å²) in [6.45, 7) is 4.18. The first kappa shape index (κ1) is 12.6. The fourth-order valence-electron chi connectivity index (χ4n) is 1.73. The molecule has 0 aliphatic rings. The van der Waals surface area contributed by atoms with Crippen molar-refractivity contribution in [3.63, 3.8) is 0 Å². The van der Waals surface area contributed by atoms with Crippen LogP contribution in [-0.2, 0) is 6.42 Å². The highest BCUT2D eigenvalue weighted by Crippen LogP contribution is 2.32. The van der Waals surface area contributed by atoms with Crippen LogP contribution in [0.1, 0.15) is 26.3 Å². The van der Waals surface area contributed by atoms with E-state index in [1.165, 1.54) is 16.5 Å². The Morgan fingerprint density at radius 3 is 2.65 bits per heavy atom. The maximum absolute atomic E-state index is 13.0. The predicted octanol–water partition coefficient (Wildman–Crippen LogP) is 5.03. The molecule has 0 N–H and O–H groups in total. The molecule has 0 radical (unpaired) electrons. The fourth-order valence-corrected chi connectivity index (χ4v) is 3.12. The number of hydrogen-bond acceptors (Lipinski definition) is 1. The van der Waals surface area contributed by atoms with Gasteiger partial charge in [0.1, 0.15) is 5.82 Å². The van der Waals surface area contributed by atoms with Crippen molar-refractivity contribution in [2.24, 2.45) is 0 Å². The van der Waals surface area contributed by atoms with E-state index in [2.05, 4.69) is 19.9 Å². The average molecular weight is 269 g/mol. The molecular weight excluding hydrogens is 255 g/mol. The van der Waals surface area contributed by atoms with E-state index in [0.29, 0.717) is 6.42 Å². The zero-order valence-electron chi connectivity index (χ0n) is 9.84. The molecule has 1 aromatic heterocycles. The molecule has 1 heterocycles. The quantitative estimate of drug-likeness (QED) is 0.685. The predicted molar refractivity (Wildman–Crippen MR) is 72.5 cm³/mol. The second-order valence-electron chi connectivity index (χ2n) is 4.19. The molecule has 17 heavy (non-hydrogen) atoms. The van der Waals surface area contributed by atoms with Gasteiger partial charge in [0, 0.05) is 9.75 Å². The summed E-state index contributed by atoms with van der Waals surface area (Å²) in [6, 6.07) is 8.75. The van der Waals surface area contributed by atoms with Gasteiger partial charge in [-0.2, -0.15) is 0 Å². The first-order valence-electron chi connectivity index (χ1n) is 5.51. The number of aryl methyl sites for hydroxylation is 2. The van der Waals surface area contributed by atoms with Crippen molar-refractivity contribution in [3.8, 4) is 0 Å². The standard InChI is InChI=1S/C14H14ClFS/c1-9-6-14(17-10(9)2)13(15)8-11-4-3-5-12(16)7-11/h3-7,13H,8H2,1-2H3. The van der Waals surface area contributed by atoms with Crippen molar-refractivity contribution >= 4 is 22.9 Å². The Labute approximate surface area is 110 Å². The van der Waals surface area contributed by atoms with Gasteiger partial charge in [0.25, 0.3) is 0 Å². The molecule has 90 valence electrons. The second-order valence-corrected chi connectivity index (χ2v) is 6.00. The van der Waals surface area contributed by atoms with E-state index >= 15 is 0 Å². The third kappa shape index (κ3) is 3.08. The van der Waals surface area contributed by atoms with Gasteiger partial charge in [-0.05, 0) is 49.6 Å². The number of alkyl halides is 1. The molecule has 1 atom stereocenters. The number of halogens is 2. The Morgan fingerprint density at radius 2 is 2.06 bits per heavy atom. The lowest BCUT2D eigenvalue weighted by Gasteiger charge is -2.07. The van der Waals surface area contributed by atoms with E-state index in [0.717, 1.165) is 10.4 Å². The average Bonchev–Trinajstić information content (AvgIpc) is 2.59. The maximum Gasteiger partial charge on any atom is 0.123 e. The lowest BCUT2D eigenvalue weighted by molar-refractivity contribution is 0.625. The molecule has 1 aromatic carbocycles. The van der Waals surface area contributed by atoms with Crippen LogP contribution in [0.2, 0.25) is 0 Å². The van der Waals surface area contributed by atoms with Gasteiger partial charge in [-0.25, -0.2) is 4.39 Å². The Hall–Kier alpha value is -0.860. The van der Waals surface area contributed by atoms with Crippen molar-refractivity contribution in [3.05, 3.63) is 57.0 Å². The summed E-state index contributed by atoms with van der Waals surface area (Å²) in [5.74, 6) is -0.204. The number of rotatable bonds is 3. The highest BCUT2D eigenvalue weighted by molar-refractivity contribution is 7.12. The van der Waals surface area contributed by atoms with Gasteiger partial charge < -0.3 is 0 Å². The van der Waals surface area contributed by atoms with Crippen LogP contribution < -0.4 is 0 Å². The Morgan fingerprint density at radius 1 is 1.29 bits per heavy atom. The Kier molecular flexibility index (Phi) is 3.85.